The summed E-state index contributed by atoms with van der Waals surface area (Å²) < 4.78 is 10.9. The molecule has 1 saturated heterocycles. The fraction of sp³-hybridized carbons (Fsp3) is 0.556. The zero-order chi connectivity index (χ0) is 16.9. The molecule has 23 heavy (non-hydrogen) atoms. The Morgan fingerprint density at radius 3 is 2.61 bits per heavy atom. The molecule has 0 aliphatic carbocycles. The molecule has 1 aliphatic heterocycles. The lowest BCUT2D eigenvalue weighted by Crippen LogP contribution is -2.48. The van der Waals surface area contributed by atoms with E-state index in [0.717, 1.165) is 17.5 Å². The first-order valence-electron chi connectivity index (χ1n) is 7.90. The molecule has 2 rings (SSSR count). The molecule has 1 aromatic carbocycles. The maximum atomic E-state index is 12.2. The third kappa shape index (κ3) is 4.70. The lowest BCUT2D eigenvalue weighted by molar-refractivity contribution is 0.0437. The van der Waals surface area contributed by atoms with Crippen molar-refractivity contribution in [1.29, 1.82) is 5.26 Å². The zero-order valence-corrected chi connectivity index (χ0v) is 14.0. The van der Waals surface area contributed by atoms with Crippen molar-refractivity contribution in [2.45, 2.75) is 51.2 Å². The summed E-state index contributed by atoms with van der Waals surface area (Å²) in [7, 11) is 0. The highest BCUT2D eigenvalue weighted by molar-refractivity contribution is 5.69. The number of amides is 1. The molecule has 1 atom stereocenters. The molecule has 0 saturated carbocycles. The lowest BCUT2D eigenvalue weighted by Gasteiger charge is -2.31. The molecule has 1 fully saturated rings. The first kappa shape index (κ1) is 17.3. The molecule has 1 N–H and O–H groups in total. The first-order valence-corrected chi connectivity index (χ1v) is 7.90. The van der Waals surface area contributed by atoms with Crippen LogP contribution in [0.25, 0.3) is 0 Å². The molecule has 0 spiro atoms. The van der Waals surface area contributed by atoms with E-state index >= 15 is 0 Å². The summed E-state index contributed by atoms with van der Waals surface area (Å²) in [6.45, 7) is 6.56. The van der Waals surface area contributed by atoms with Crippen molar-refractivity contribution in [1.82, 2.24) is 5.32 Å². The fourth-order valence-corrected chi connectivity index (χ4v) is 2.65. The Kier molecular flexibility index (Phi) is 5.27. The van der Waals surface area contributed by atoms with Crippen LogP contribution >= 0.6 is 0 Å². The summed E-state index contributed by atoms with van der Waals surface area (Å²) >= 11 is 0. The van der Waals surface area contributed by atoms with Crippen LogP contribution in [0, 0.1) is 11.3 Å². The molecule has 5 nitrogen and oxygen atoms in total. The molecule has 124 valence electrons. The normalized spacial score (nSPS) is 20.8. The van der Waals surface area contributed by atoms with Gasteiger partial charge in [0.05, 0.1) is 18.2 Å². The van der Waals surface area contributed by atoms with Gasteiger partial charge in [0.1, 0.15) is 5.60 Å². The van der Waals surface area contributed by atoms with Crippen LogP contribution in [0.4, 0.5) is 4.79 Å². The second kappa shape index (κ2) is 7.01. The first-order chi connectivity index (χ1) is 10.8. The Hall–Kier alpha value is -2.06. The van der Waals surface area contributed by atoms with Crippen LogP contribution < -0.4 is 5.32 Å². The summed E-state index contributed by atoms with van der Waals surface area (Å²) in [5, 5.41) is 11.6. The summed E-state index contributed by atoms with van der Waals surface area (Å²) in [4.78, 5) is 12.2. The van der Waals surface area contributed by atoms with Crippen molar-refractivity contribution in [2.75, 3.05) is 13.2 Å². The van der Waals surface area contributed by atoms with Gasteiger partial charge in [-0.25, -0.2) is 4.79 Å². The van der Waals surface area contributed by atoms with E-state index in [4.69, 9.17) is 14.7 Å². The van der Waals surface area contributed by atoms with Crippen LogP contribution in [0.3, 0.4) is 0 Å². The predicted molar refractivity (Wildman–Crippen MR) is 86.9 cm³/mol. The van der Waals surface area contributed by atoms with E-state index in [1.165, 1.54) is 0 Å². The Morgan fingerprint density at radius 2 is 2.09 bits per heavy atom. The summed E-state index contributed by atoms with van der Waals surface area (Å²) in [6, 6.07) is 10.2. The van der Waals surface area contributed by atoms with Crippen molar-refractivity contribution in [2.24, 2.45) is 0 Å². The summed E-state index contributed by atoms with van der Waals surface area (Å²) in [5.74, 6) is 0. The van der Waals surface area contributed by atoms with Crippen LogP contribution in [0.5, 0.6) is 0 Å². The van der Waals surface area contributed by atoms with E-state index in [2.05, 4.69) is 11.4 Å². The van der Waals surface area contributed by atoms with Gasteiger partial charge in [0.25, 0.3) is 0 Å². The molecule has 1 unspecified atom stereocenters. The minimum absolute atomic E-state index is 0.434. The van der Waals surface area contributed by atoms with Gasteiger partial charge in [-0.05, 0) is 38.3 Å². The number of ether oxygens (including phenoxy) is 2. The number of nitriles is 1. The topological polar surface area (TPSA) is 71.3 Å². The number of nitrogens with zero attached hydrogens (tertiary/aromatic N) is 1. The Labute approximate surface area is 137 Å². The van der Waals surface area contributed by atoms with Crippen LogP contribution in [0.1, 0.15) is 44.7 Å². The van der Waals surface area contributed by atoms with Gasteiger partial charge in [-0.3, -0.25) is 0 Å². The average molecular weight is 316 g/mol. The van der Waals surface area contributed by atoms with Crippen molar-refractivity contribution in [3.05, 3.63) is 35.4 Å². The third-order valence-corrected chi connectivity index (χ3v) is 3.79. The number of carbonyl (C=O) groups is 1. The molecule has 0 aromatic heterocycles. The molecule has 0 bridgehead atoms. The highest BCUT2D eigenvalue weighted by atomic mass is 16.6. The Morgan fingerprint density at radius 1 is 1.39 bits per heavy atom. The van der Waals surface area contributed by atoms with E-state index in [-0.39, 0.29) is 0 Å². The van der Waals surface area contributed by atoms with Crippen molar-refractivity contribution in [3.63, 3.8) is 0 Å². The molecular weight excluding hydrogens is 292 g/mol. The van der Waals surface area contributed by atoms with Gasteiger partial charge < -0.3 is 14.8 Å². The number of rotatable bonds is 4. The lowest BCUT2D eigenvalue weighted by atomic mass is 9.88. The SMILES string of the molecule is CC(C)(C)OC(=O)NC1(c2ccc(CCC#N)cc2)CCOC1. The molecular formula is C18H24N2O3. The highest BCUT2D eigenvalue weighted by Crippen LogP contribution is 2.31. The van der Waals surface area contributed by atoms with Gasteiger partial charge in [-0.2, -0.15) is 5.26 Å². The van der Waals surface area contributed by atoms with Crippen molar-refractivity contribution >= 4 is 6.09 Å². The number of alkyl carbamates (subject to hydrolysis) is 1. The van der Waals surface area contributed by atoms with Gasteiger partial charge >= 0.3 is 6.09 Å². The molecule has 5 heteroatoms. The van der Waals surface area contributed by atoms with Crippen LogP contribution in [0.2, 0.25) is 0 Å². The Bertz CT molecular complexity index is 576. The average Bonchev–Trinajstić information content (AvgIpc) is 2.93. The summed E-state index contributed by atoms with van der Waals surface area (Å²) in [6.07, 6.45) is 1.52. The smallest absolute Gasteiger partial charge is 0.408 e. The molecule has 1 heterocycles. The quantitative estimate of drug-likeness (QED) is 0.925. The van der Waals surface area contributed by atoms with Gasteiger partial charge in [0.2, 0.25) is 0 Å². The minimum atomic E-state index is -0.546. The molecule has 1 amide bonds. The Balaban J connectivity index is 2.14. The molecule has 1 aromatic rings. The molecule has 0 radical (unpaired) electrons. The zero-order valence-electron chi connectivity index (χ0n) is 14.0. The fourth-order valence-electron chi connectivity index (χ4n) is 2.65. The van der Waals surface area contributed by atoms with Crippen LogP contribution in [-0.2, 0) is 21.4 Å². The van der Waals surface area contributed by atoms with E-state index < -0.39 is 17.2 Å². The number of nitrogens with one attached hydrogen (secondary N) is 1. The monoisotopic (exact) mass is 316 g/mol. The largest absolute Gasteiger partial charge is 0.444 e. The van der Waals surface area contributed by atoms with Crippen molar-refractivity contribution in [3.8, 4) is 6.07 Å². The summed E-state index contributed by atoms with van der Waals surface area (Å²) in [5.41, 5.74) is 1.03. The molecule has 1 aliphatic rings. The minimum Gasteiger partial charge on any atom is -0.444 e. The standard InChI is InChI=1S/C18H24N2O3/c1-17(2,3)23-16(21)20-18(10-12-22-13-18)15-8-6-14(7-9-15)5-4-11-19/h6-9H,4-5,10,12-13H2,1-3H3,(H,20,21). The van der Waals surface area contributed by atoms with Crippen LogP contribution in [-0.4, -0.2) is 24.9 Å². The van der Waals surface area contributed by atoms with Crippen LogP contribution in [0.15, 0.2) is 24.3 Å². The van der Waals surface area contributed by atoms with E-state index in [0.29, 0.717) is 26.1 Å². The van der Waals surface area contributed by atoms with E-state index in [9.17, 15) is 4.79 Å². The van der Waals surface area contributed by atoms with Crippen molar-refractivity contribution < 1.29 is 14.3 Å². The van der Waals surface area contributed by atoms with Gasteiger partial charge in [-0.1, -0.05) is 24.3 Å². The van der Waals surface area contributed by atoms with E-state index in [1.54, 1.807) is 0 Å². The van der Waals surface area contributed by atoms with E-state index in [1.807, 2.05) is 45.0 Å². The van der Waals surface area contributed by atoms with Gasteiger partial charge in [0.15, 0.2) is 0 Å². The number of carbonyl (C=O) groups excluding carboxylic acids is 1. The predicted octanol–water partition coefficient (Wildman–Crippen LogP) is 3.28. The second-order valence-corrected chi connectivity index (χ2v) is 6.87. The highest BCUT2D eigenvalue weighted by Gasteiger charge is 2.39. The maximum absolute atomic E-state index is 12.2. The third-order valence-electron chi connectivity index (χ3n) is 3.79. The number of benzene rings is 1. The number of hydrogen-bond acceptors (Lipinski definition) is 4. The number of hydrogen-bond donors (Lipinski definition) is 1. The van der Waals surface area contributed by atoms with Gasteiger partial charge in [-0.15, -0.1) is 0 Å². The number of aryl methyl sites for hydroxylation is 1. The van der Waals surface area contributed by atoms with Gasteiger partial charge in [0, 0.05) is 19.4 Å². The maximum Gasteiger partial charge on any atom is 0.408 e. The second-order valence-electron chi connectivity index (χ2n) is 6.87.